The molecule has 0 radical (unpaired) electrons. The number of anilines is 2. The number of rotatable bonds is 13. The monoisotopic (exact) mass is 953 g/mol. The van der Waals surface area contributed by atoms with Crippen molar-refractivity contribution in [1.29, 1.82) is 0 Å². The van der Waals surface area contributed by atoms with Gasteiger partial charge in [-0.2, -0.15) is 0 Å². The van der Waals surface area contributed by atoms with Crippen molar-refractivity contribution in [3.63, 3.8) is 0 Å². The van der Waals surface area contributed by atoms with Crippen LogP contribution in [0, 0.1) is 0 Å². The van der Waals surface area contributed by atoms with Crippen LogP contribution in [0.2, 0.25) is 0 Å². The molecule has 378 valence electrons. The first-order valence-electron chi connectivity index (χ1n) is 25.0. The topological polar surface area (TPSA) is 121 Å². The fourth-order valence-electron chi connectivity index (χ4n) is 8.45. The Labute approximate surface area is 421 Å². The Hall–Kier alpha value is -5.96. The molecular weight excluding hydrogens is 869 g/mol. The van der Waals surface area contributed by atoms with Crippen LogP contribution in [0.1, 0.15) is 181 Å². The molecular formula is C61H84N4O5. The van der Waals surface area contributed by atoms with E-state index in [-0.39, 0.29) is 60.4 Å². The number of aromatic hydroxyl groups is 1. The van der Waals surface area contributed by atoms with Gasteiger partial charge in [-0.25, -0.2) is 9.59 Å². The van der Waals surface area contributed by atoms with Crippen molar-refractivity contribution < 1.29 is 24.2 Å². The number of carbonyl (C=O) groups is 2. The fourth-order valence-corrected chi connectivity index (χ4v) is 8.45. The van der Waals surface area contributed by atoms with Crippen molar-refractivity contribution in [2.75, 3.05) is 36.9 Å². The highest BCUT2D eigenvalue weighted by Gasteiger charge is 2.38. The van der Waals surface area contributed by atoms with Crippen molar-refractivity contribution in [1.82, 2.24) is 10.6 Å². The van der Waals surface area contributed by atoms with E-state index in [1.54, 1.807) is 0 Å². The summed E-state index contributed by atoms with van der Waals surface area (Å²) in [6, 6.07) is 31.5. The molecule has 0 spiro atoms. The van der Waals surface area contributed by atoms with E-state index in [0.717, 1.165) is 50.1 Å². The van der Waals surface area contributed by atoms with Crippen LogP contribution in [0.5, 0.6) is 17.2 Å². The van der Waals surface area contributed by atoms with Gasteiger partial charge < -0.3 is 35.8 Å². The molecule has 0 atom stereocenters. The van der Waals surface area contributed by atoms with Gasteiger partial charge in [0.1, 0.15) is 30.5 Å². The predicted molar refractivity (Wildman–Crippen MR) is 292 cm³/mol. The maximum Gasteiger partial charge on any atom is 0.319 e. The highest BCUT2D eigenvalue weighted by atomic mass is 16.5. The quantitative estimate of drug-likeness (QED) is 0.0595. The summed E-state index contributed by atoms with van der Waals surface area (Å²) in [7, 11) is 0. The normalized spacial score (nSPS) is 12.7. The molecule has 0 aliphatic rings. The number of benzene rings is 5. The Balaban J connectivity index is 1.86. The lowest BCUT2D eigenvalue weighted by Gasteiger charge is -2.36. The van der Waals surface area contributed by atoms with Gasteiger partial charge >= 0.3 is 12.1 Å². The Morgan fingerprint density at radius 2 is 0.757 bits per heavy atom. The SMILES string of the molecule is CC(C)(C)c1cc(C(c2cc(C(C)(C)C)cc(C(C)(C)C)c2OCCNC(=O)Nc2ccccc2)c2cc(C(C)(C)C)cc(C(C)(C)C)c2OCCNC(=O)Nc2ccccc2)c(O)c(C(C)(C)C)c1. The minimum atomic E-state index is -0.635. The maximum absolute atomic E-state index is 13.2. The fraction of sp³-hybridized carbons (Fsp3) is 0.475. The third kappa shape index (κ3) is 14.1. The lowest BCUT2D eigenvalue weighted by molar-refractivity contribution is 0.246. The molecule has 0 saturated heterocycles. The van der Waals surface area contributed by atoms with Gasteiger partial charge in [-0.3, -0.25) is 0 Å². The molecule has 0 fully saturated rings. The van der Waals surface area contributed by atoms with Gasteiger partial charge in [0.25, 0.3) is 0 Å². The molecule has 0 aromatic heterocycles. The number of para-hydroxylation sites is 2. The smallest absolute Gasteiger partial charge is 0.319 e. The molecule has 5 aromatic carbocycles. The Morgan fingerprint density at radius 3 is 1.07 bits per heavy atom. The molecule has 4 amide bonds. The number of phenols is 1. The Morgan fingerprint density at radius 1 is 0.443 bits per heavy atom. The molecule has 0 saturated carbocycles. The van der Waals surface area contributed by atoms with Crippen LogP contribution >= 0.6 is 0 Å². The molecule has 0 heterocycles. The summed E-state index contributed by atoms with van der Waals surface area (Å²) in [4.78, 5) is 26.3. The van der Waals surface area contributed by atoms with E-state index in [0.29, 0.717) is 22.9 Å². The molecule has 5 aromatic rings. The summed E-state index contributed by atoms with van der Waals surface area (Å²) >= 11 is 0. The number of amides is 4. The minimum absolute atomic E-state index is 0.177. The highest BCUT2D eigenvalue weighted by Crippen LogP contribution is 2.53. The Bertz CT molecular complexity index is 2450. The molecule has 0 aliphatic heterocycles. The van der Waals surface area contributed by atoms with Crippen LogP contribution in [0.25, 0.3) is 0 Å². The van der Waals surface area contributed by atoms with Crippen LogP contribution in [-0.4, -0.2) is 43.5 Å². The number of hydrogen-bond donors (Lipinski definition) is 5. The summed E-state index contributed by atoms with van der Waals surface area (Å²) in [5.74, 6) is 0.969. The summed E-state index contributed by atoms with van der Waals surface area (Å²) in [6.45, 7) is 40.5. The third-order valence-electron chi connectivity index (χ3n) is 12.7. The van der Waals surface area contributed by atoms with Crippen LogP contribution in [0.3, 0.4) is 0 Å². The zero-order chi connectivity index (χ0) is 52.2. The van der Waals surface area contributed by atoms with Gasteiger partial charge in [-0.1, -0.05) is 197 Å². The van der Waals surface area contributed by atoms with Crippen LogP contribution in [0.15, 0.2) is 97.1 Å². The number of phenolic OH excluding ortho intramolecular Hbond substituents is 1. The van der Waals surface area contributed by atoms with E-state index in [1.165, 1.54) is 0 Å². The van der Waals surface area contributed by atoms with Crippen LogP contribution in [-0.2, 0) is 32.5 Å². The third-order valence-corrected chi connectivity index (χ3v) is 12.7. The van der Waals surface area contributed by atoms with E-state index < -0.39 is 22.2 Å². The Kier molecular flexibility index (Phi) is 16.6. The summed E-state index contributed by atoms with van der Waals surface area (Å²) < 4.78 is 14.2. The van der Waals surface area contributed by atoms with Gasteiger partial charge in [0.05, 0.1) is 13.1 Å². The van der Waals surface area contributed by atoms with Gasteiger partial charge in [0.2, 0.25) is 0 Å². The van der Waals surface area contributed by atoms with Gasteiger partial charge in [-0.05, 0) is 79.0 Å². The summed E-state index contributed by atoms with van der Waals surface area (Å²) in [5, 5.41) is 25.0. The first-order chi connectivity index (χ1) is 32.3. The second kappa shape index (κ2) is 21.2. The van der Waals surface area contributed by atoms with Crippen molar-refractivity contribution in [3.8, 4) is 17.2 Å². The minimum Gasteiger partial charge on any atom is -0.507 e. The van der Waals surface area contributed by atoms with Gasteiger partial charge in [-0.15, -0.1) is 0 Å². The van der Waals surface area contributed by atoms with Crippen molar-refractivity contribution >= 4 is 23.4 Å². The molecule has 70 heavy (non-hydrogen) atoms. The number of urea groups is 2. The average Bonchev–Trinajstić information content (AvgIpc) is 3.23. The summed E-state index contributed by atoms with van der Waals surface area (Å²) in [6.07, 6.45) is 0. The number of carbonyl (C=O) groups excluding carboxylic acids is 2. The average molecular weight is 953 g/mol. The lowest BCUT2D eigenvalue weighted by Crippen LogP contribution is -2.33. The maximum atomic E-state index is 13.2. The molecule has 0 bridgehead atoms. The standard InChI is InChI=1S/C61H84N4O5/c1-56(2,3)39-33-44(51(66)47(36-39)59(10,11)12)50(45-34-40(57(4,5)6)37-48(60(13,14)15)52(45)69-31-29-62-54(67)64-42-25-21-19-22-26-42)46-35-41(58(7,8)9)38-49(61(16,17)18)53(46)70-32-30-63-55(68)65-43-27-23-20-24-28-43/h19-28,33-38,50,66H,29-32H2,1-18H3,(H2,62,64,67)(H2,63,65,68). The molecule has 5 N–H and O–H groups in total. The van der Waals surface area contributed by atoms with E-state index in [4.69, 9.17) is 9.47 Å². The summed E-state index contributed by atoms with van der Waals surface area (Å²) in [5.41, 5.74) is 8.03. The largest absolute Gasteiger partial charge is 0.507 e. The van der Waals surface area contributed by atoms with E-state index in [9.17, 15) is 14.7 Å². The van der Waals surface area contributed by atoms with Gasteiger partial charge in [0.15, 0.2) is 0 Å². The first-order valence-corrected chi connectivity index (χ1v) is 25.0. The highest BCUT2D eigenvalue weighted by molar-refractivity contribution is 5.89. The second-order valence-electron chi connectivity index (χ2n) is 25.0. The van der Waals surface area contributed by atoms with Crippen molar-refractivity contribution in [2.24, 2.45) is 0 Å². The molecule has 0 unspecified atom stereocenters. The van der Waals surface area contributed by atoms with Crippen molar-refractivity contribution in [3.05, 3.63) is 147 Å². The number of nitrogens with one attached hydrogen (secondary N) is 4. The number of ether oxygens (including phenoxy) is 2. The molecule has 0 aliphatic carbocycles. The predicted octanol–water partition coefficient (Wildman–Crippen LogP) is 14.8. The van der Waals surface area contributed by atoms with E-state index in [1.807, 2.05) is 60.7 Å². The van der Waals surface area contributed by atoms with Crippen LogP contribution in [0.4, 0.5) is 21.0 Å². The molecule has 9 heteroatoms. The van der Waals surface area contributed by atoms with E-state index in [2.05, 4.69) is 182 Å². The zero-order valence-electron chi connectivity index (χ0n) is 45.7. The van der Waals surface area contributed by atoms with Crippen LogP contribution < -0.4 is 30.7 Å². The molecule has 5 rings (SSSR count). The first kappa shape index (κ1) is 55.0. The lowest BCUT2D eigenvalue weighted by atomic mass is 9.70. The number of hydrogen-bond acceptors (Lipinski definition) is 5. The second-order valence-corrected chi connectivity index (χ2v) is 25.0. The van der Waals surface area contributed by atoms with Gasteiger partial charge in [0, 0.05) is 45.1 Å². The zero-order valence-corrected chi connectivity index (χ0v) is 45.7. The molecule has 9 nitrogen and oxygen atoms in total. The van der Waals surface area contributed by atoms with E-state index >= 15 is 0 Å². The van der Waals surface area contributed by atoms with Crippen molar-refractivity contribution in [2.45, 2.75) is 163 Å².